The normalized spacial score (nSPS) is 18.6. The van der Waals surface area contributed by atoms with Crippen molar-refractivity contribution in [2.45, 2.75) is 66.0 Å². The second-order valence-electron chi connectivity index (χ2n) is 9.34. The van der Waals surface area contributed by atoms with E-state index in [4.69, 9.17) is 9.47 Å². The van der Waals surface area contributed by atoms with Crippen LogP contribution in [0.15, 0.2) is 30.3 Å². The van der Waals surface area contributed by atoms with E-state index in [9.17, 15) is 14.4 Å². The minimum atomic E-state index is -0.689. The minimum absolute atomic E-state index is 0.0819. The van der Waals surface area contributed by atoms with Gasteiger partial charge in [0.05, 0.1) is 18.4 Å². The van der Waals surface area contributed by atoms with E-state index in [1.165, 1.54) is 4.90 Å². The third-order valence-corrected chi connectivity index (χ3v) is 4.65. The van der Waals surface area contributed by atoms with Crippen molar-refractivity contribution < 1.29 is 23.9 Å². The van der Waals surface area contributed by atoms with Gasteiger partial charge in [-0.15, -0.1) is 0 Å². The lowest BCUT2D eigenvalue weighted by Crippen LogP contribution is -2.47. The molecule has 0 bridgehead atoms. The lowest BCUT2D eigenvalue weighted by atomic mass is 9.77. The van der Waals surface area contributed by atoms with Crippen molar-refractivity contribution in [1.29, 1.82) is 0 Å². The molecule has 0 spiro atoms. The first-order chi connectivity index (χ1) is 12.9. The first kappa shape index (κ1) is 21.9. The number of nitrogens with zero attached hydrogens (tertiary/aromatic N) is 1. The molecule has 0 N–H and O–H groups in total. The summed E-state index contributed by atoms with van der Waals surface area (Å²) in [4.78, 5) is 39.2. The molecule has 1 unspecified atom stereocenters. The maximum atomic E-state index is 13.3. The van der Waals surface area contributed by atoms with Crippen LogP contribution in [0.3, 0.4) is 0 Å². The third kappa shape index (κ3) is 5.81. The van der Waals surface area contributed by atoms with Gasteiger partial charge in [0.1, 0.15) is 12.2 Å². The van der Waals surface area contributed by atoms with Gasteiger partial charge in [-0.25, -0.2) is 9.69 Å². The van der Waals surface area contributed by atoms with E-state index >= 15 is 0 Å². The maximum absolute atomic E-state index is 13.3. The average Bonchev–Trinajstić information content (AvgIpc) is 2.91. The van der Waals surface area contributed by atoms with Crippen molar-refractivity contribution in [2.75, 3.05) is 6.61 Å². The number of imide groups is 1. The molecule has 1 aliphatic rings. The van der Waals surface area contributed by atoms with Crippen LogP contribution in [0.1, 0.15) is 53.5 Å². The van der Waals surface area contributed by atoms with Crippen LogP contribution < -0.4 is 0 Å². The number of amides is 2. The van der Waals surface area contributed by atoms with Crippen LogP contribution in [0.2, 0.25) is 0 Å². The number of rotatable bonds is 5. The Morgan fingerprint density at radius 1 is 1.14 bits per heavy atom. The summed E-state index contributed by atoms with van der Waals surface area (Å²) in [7, 11) is 0. The highest BCUT2D eigenvalue weighted by Crippen LogP contribution is 2.33. The van der Waals surface area contributed by atoms with Crippen molar-refractivity contribution in [3.05, 3.63) is 35.9 Å². The molecule has 1 fully saturated rings. The monoisotopic (exact) mass is 389 g/mol. The summed E-state index contributed by atoms with van der Waals surface area (Å²) in [5, 5.41) is 0. The van der Waals surface area contributed by atoms with Crippen LogP contribution in [0.25, 0.3) is 0 Å². The van der Waals surface area contributed by atoms with Gasteiger partial charge in [0, 0.05) is 0 Å². The Balaban J connectivity index is 2.21. The predicted molar refractivity (Wildman–Crippen MR) is 106 cm³/mol. The maximum Gasteiger partial charge on any atom is 0.416 e. The first-order valence-corrected chi connectivity index (χ1v) is 9.64. The van der Waals surface area contributed by atoms with E-state index < -0.39 is 29.0 Å². The van der Waals surface area contributed by atoms with Gasteiger partial charge in [-0.3, -0.25) is 9.59 Å². The summed E-state index contributed by atoms with van der Waals surface area (Å²) in [6.07, 6.45) is -0.215. The zero-order chi connectivity index (χ0) is 21.1. The number of carbonyl (C=O) groups is 3. The molecule has 0 saturated carbocycles. The Kier molecular flexibility index (Phi) is 6.52. The Morgan fingerprint density at radius 3 is 2.29 bits per heavy atom. The highest BCUT2D eigenvalue weighted by Gasteiger charge is 2.45. The molecule has 2 amide bonds. The predicted octanol–water partition coefficient (Wildman–Crippen LogP) is 3.97. The van der Waals surface area contributed by atoms with Crippen LogP contribution in [-0.4, -0.2) is 41.1 Å². The Morgan fingerprint density at radius 2 is 1.75 bits per heavy atom. The molecule has 0 radical (unpaired) electrons. The van der Waals surface area contributed by atoms with Crippen LogP contribution in [0.5, 0.6) is 0 Å². The molecule has 0 aromatic heterocycles. The van der Waals surface area contributed by atoms with Gasteiger partial charge in [0.15, 0.2) is 0 Å². The van der Waals surface area contributed by atoms with Gasteiger partial charge in [-0.05, 0) is 38.2 Å². The molecule has 1 aromatic carbocycles. The van der Waals surface area contributed by atoms with E-state index in [0.717, 1.165) is 5.56 Å². The molecular weight excluding hydrogens is 358 g/mol. The van der Waals surface area contributed by atoms with E-state index in [1.54, 1.807) is 20.8 Å². The standard InChI is InChI=1S/C22H31NO5/c1-21(2,3)17(13-18(24)28-22(4,5)6)19(25)23-16(14-27-20(23)26)12-15-10-8-7-9-11-15/h7-11,16-17H,12-14H2,1-6H3/t16-,17?/m0/s1. The van der Waals surface area contributed by atoms with Crippen molar-refractivity contribution in [3.63, 3.8) is 0 Å². The molecule has 1 saturated heterocycles. The number of hydrogen-bond acceptors (Lipinski definition) is 5. The summed E-state index contributed by atoms with van der Waals surface area (Å²) in [5.74, 6) is -1.53. The molecule has 1 aliphatic heterocycles. The molecule has 1 heterocycles. The number of esters is 1. The topological polar surface area (TPSA) is 72.9 Å². The average molecular weight is 389 g/mol. The summed E-state index contributed by atoms with van der Waals surface area (Å²) < 4.78 is 10.6. The first-order valence-electron chi connectivity index (χ1n) is 9.64. The lowest BCUT2D eigenvalue weighted by Gasteiger charge is -2.33. The Hall–Kier alpha value is -2.37. The summed E-state index contributed by atoms with van der Waals surface area (Å²) in [5.41, 5.74) is -0.137. The number of benzene rings is 1. The summed E-state index contributed by atoms with van der Waals surface area (Å²) in [6, 6.07) is 9.27. The number of hydrogen-bond donors (Lipinski definition) is 0. The van der Waals surface area contributed by atoms with Gasteiger partial charge in [0.2, 0.25) is 5.91 Å². The van der Waals surface area contributed by atoms with Crippen molar-refractivity contribution >= 4 is 18.0 Å². The second-order valence-corrected chi connectivity index (χ2v) is 9.34. The molecule has 0 aliphatic carbocycles. The Bertz CT molecular complexity index is 715. The van der Waals surface area contributed by atoms with Crippen LogP contribution >= 0.6 is 0 Å². The van der Waals surface area contributed by atoms with Crippen LogP contribution in [0, 0.1) is 11.3 Å². The molecule has 2 atom stereocenters. The highest BCUT2D eigenvalue weighted by atomic mass is 16.6. The van der Waals surface area contributed by atoms with E-state index in [-0.39, 0.29) is 25.0 Å². The Labute approximate surface area is 167 Å². The summed E-state index contributed by atoms with van der Waals surface area (Å²) in [6.45, 7) is 11.2. The van der Waals surface area contributed by atoms with E-state index in [2.05, 4.69) is 0 Å². The molecule has 6 heteroatoms. The zero-order valence-electron chi connectivity index (χ0n) is 17.7. The largest absolute Gasteiger partial charge is 0.460 e. The molecule has 2 rings (SSSR count). The van der Waals surface area contributed by atoms with E-state index in [0.29, 0.717) is 6.42 Å². The fourth-order valence-corrected chi connectivity index (χ4v) is 3.25. The van der Waals surface area contributed by atoms with Crippen LogP contribution in [-0.2, 0) is 25.5 Å². The SMILES string of the molecule is CC(C)(C)OC(=O)CC(C(=O)N1C(=O)OC[C@@H]1Cc1ccccc1)C(C)(C)C. The fourth-order valence-electron chi connectivity index (χ4n) is 3.25. The van der Waals surface area contributed by atoms with Gasteiger partial charge in [-0.2, -0.15) is 0 Å². The molecule has 1 aromatic rings. The lowest BCUT2D eigenvalue weighted by molar-refractivity contribution is -0.160. The number of carbonyl (C=O) groups excluding carboxylic acids is 3. The fraction of sp³-hybridized carbons (Fsp3) is 0.591. The third-order valence-electron chi connectivity index (χ3n) is 4.65. The smallest absolute Gasteiger partial charge is 0.416 e. The van der Waals surface area contributed by atoms with Gasteiger partial charge >= 0.3 is 12.1 Å². The molecular formula is C22H31NO5. The molecule has 28 heavy (non-hydrogen) atoms. The summed E-state index contributed by atoms with van der Waals surface area (Å²) >= 11 is 0. The zero-order valence-corrected chi connectivity index (χ0v) is 17.7. The second kappa shape index (κ2) is 8.33. The number of cyclic esters (lactones) is 1. The number of ether oxygens (including phenoxy) is 2. The van der Waals surface area contributed by atoms with Crippen LogP contribution in [0.4, 0.5) is 4.79 Å². The molecule has 154 valence electrons. The molecule has 6 nitrogen and oxygen atoms in total. The highest BCUT2D eigenvalue weighted by molar-refractivity contribution is 5.96. The van der Waals surface area contributed by atoms with E-state index in [1.807, 2.05) is 51.1 Å². The van der Waals surface area contributed by atoms with Crippen molar-refractivity contribution in [2.24, 2.45) is 11.3 Å². The van der Waals surface area contributed by atoms with Crippen molar-refractivity contribution in [3.8, 4) is 0 Å². The van der Waals surface area contributed by atoms with Gasteiger partial charge in [0.25, 0.3) is 0 Å². The quantitative estimate of drug-likeness (QED) is 0.713. The van der Waals surface area contributed by atoms with Crippen molar-refractivity contribution in [1.82, 2.24) is 4.90 Å². The minimum Gasteiger partial charge on any atom is -0.460 e. The van der Waals surface area contributed by atoms with Gasteiger partial charge < -0.3 is 9.47 Å². The van der Waals surface area contributed by atoms with Gasteiger partial charge in [-0.1, -0.05) is 51.1 Å².